The quantitative estimate of drug-likeness (QED) is 0.625. The number of H-pyrrole nitrogens is 1. The Morgan fingerprint density at radius 3 is 2.75 bits per heavy atom. The van der Waals surface area contributed by atoms with Crippen molar-refractivity contribution < 1.29 is 14.7 Å². The molecule has 0 aliphatic carbocycles. The van der Waals surface area contributed by atoms with Crippen LogP contribution in [-0.2, 0) is 11.4 Å². The summed E-state index contributed by atoms with van der Waals surface area (Å²) in [6.07, 6.45) is 1.24. The highest BCUT2D eigenvalue weighted by Gasteiger charge is 2.11. The van der Waals surface area contributed by atoms with Crippen molar-refractivity contribution in [3.05, 3.63) is 66.4 Å². The zero-order valence-corrected chi connectivity index (χ0v) is 13.7. The Kier molecular flexibility index (Phi) is 5.48. The van der Waals surface area contributed by atoms with Crippen LogP contribution in [0, 0.1) is 0 Å². The summed E-state index contributed by atoms with van der Waals surface area (Å²) in [6, 6.07) is 17.7. The lowest BCUT2D eigenvalue weighted by atomic mass is 10.2. The van der Waals surface area contributed by atoms with Gasteiger partial charge in [0.05, 0.1) is 13.2 Å². The molecule has 0 radical (unpaired) electrons. The molecule has 1 heterocycles. The summed E-state index contributed by atoms with van der Waals surface area (Å²) in [5.41, 5.74) is 2.11. The van der Waals surface area contributed by atoms with E-state index < -0.39 is 6.10 Å². The average Bonchev–Trinajstić information content (AvgIpc) is 3.08. The summed E-state index contributed by atoms with van der Waals surface area (Å²) >= 11 is 0. The first-order valence-corrected chi connectivity index (χ1v) is 7.97. The van der Waals surface area contributed by atoms with Crippen molar-refractivity contribution in [3.63, 3.8) is 0 Å². The van der Waals surface area contributed by atoms with Crippen LogP contribution in [0.25, 0.3) is 10.9 Å². The zero-order chi connectivity index (χ0) is 16.8. The number of rotatable bonds is 8. The second-order valence-electron chi connectivity index (χ2n) is 5.73. The maximum Gasteiger partial charge on any atom is 0.128 e. The van der Waals surface area contributed by atoms with Gasteiger partial charge in [-0.3, -0.25) is 4.84 Å². The normalized spacial score (nSPS) is 12.6. The van der Waals surface area contributed by atoms with Crippen LogP contribution in [0.5, 0.6) is 5.75 Å². The Hall–Kier alpha value is -2.34. The van der Waals surface area contributed by atoms with Gasteiger partial charge in [-0.25, -0.2) is 0 Å². The minimum absolute atomic E-state index is 0.212. The fraction of sp³-hybridized carbons (Fsp3) is 0.263. The smallest absolute Gasteiger partial charge is 0.128 e. The summed E-state index contributed by atoms with van der Waals surface area (Å²) in [7, 11) is 1.80. The van der Waals surface area contributed by atoms with Gasteiger partial charge in [0, 0.05) is 24.1 Å². The van der Waals surface area contributed by atoms with Crippen molar-refractivity contribution >= 4 is 10.9 Å². The lowest BCUT2D eigenvalue weighted by Crippen LogP contribution is -2.33. The number of fused-ring (bicyclic) bond motifs is 1. The predicted octanol–water partition coefficient (Wildman–Crippen LogP) is 2.97. The molecule has 0 aliphatic heterocycles. The molecule has 0 bridgehead atoms. The molecule has 0 saturated carbocycles. The van der Waals surface area contributed by atoms with Gasteiger partial charge in [-0.2, -0.15) is 5.06 Å². The van der Waals surface area contributed by atoms with Gasteiger partial charge in [0.1, 0.15) is 18.5 Å². The van der Waals surface area contributed by atoms with Crippen LogP contribution in [0.4, 0.5) is 0 Å². The Bertz CT molecular complexity index is 757. The maximum absolute atomic E-state index is 10.1. The number of hydrogen-bond acceptors (Lipinski definition) is 4. The van der Waals surface area contributed by atoms with Gasteiger partial charge in [-0.1, -0.05) is 36.4 Å². The maximum atomic E-state index is 10.1. The van der Waals surface area contributed by atoms with Crippen LogP contribution < -0.4 is 4.74 Å². The number of ether oxygens (including phenoxy) is 1. The number of aliphatic hydroxyl groups excluding tert-OH is 1. The molecule has 0 amide bonds. The fourth-order valence-corrected chi connectivity index (χ4v) is 2.53. The molecule has 2 N–H and O–H groups in total. The summed E-state index contributed by atoms with van der Waals surface area (Å²) in [5, 5.41) is 12.8. The van der Waals surface area contributed by atoms with Gasteiger partial charge in [-0.15, -0.1) is 0 Å². The van der Waals surface area contributed by atoms with Crippen LogP contribution in [0.15, 0.2) is 60.8 Å². The summed E-state index contributed by atoms with van der Waals surface area (Å²) in [4.78, 5) is 8.76. The second kappa shape index (κ2) is 7.97. The van der Waals surface area contributed by atoms with Gasteiger partial charge in [0.25, 0.3) is 0 Å². The van der Waals surface area contributed by atoms with Crippen LogP contribution in [-0.4, -0.2) is 41.5 Å². The molecule has 1 atom stereocenters. The van der Waals surface area contributed by atoms with E-state index in [1.165, 1.54) is 0 Å². The van der Waals surface area contributed by atoms with Gasteiger partial charge in [0.2, 0.25) is 0 Å². The molecule has 0 spiro atoms. The molecular weight excluding hydrogens is 304 g/mol. The van der Waals surface area contributed by atoms with E-state index in [0.717, 1.165) is 22.2 Å². The first-order chi connectivity index (χ1) is 11.7. The Labute approximate surface area is 141 Å². The first-order valence-electron chi connectivity index (χ1n) is 7.97. The lowest BCUT2D eigenvalue weighted by Gasteiger charge is -2.20. The van der Waals surface area contributed by atoms with E-state index in [2.05, 4.69) is 4.98 Å². The number of nitrogens with zero attached hydrogens (tertiary/aromatic N) is 1. The van der Waals surface area contributed by atoms with E-state index >= 15 is 0 Å². The van der Waals surface area contributed by atoms with Crippen molar-refractivity contribution in [1.29, 1.82) is 0 Å². The summed E-state index contributed by atoms with van der Waals surface area (Å²) in [6.45, 7) is 1.06. The van der Waals surface area contributed by atoms with Crippen LogP contribution in [0.1, 0.15) is 5.56 Å². The Morgan fingerprint density at radius 1 is 1.08 bits per heavy atom. The molecule has 1 aromatic heterocycles. The number of nitrogens with one attached hydrogen (secondary N) is 1. The molecule has 5 nitrogen and oxygen atoms in total. The number of aromatic amines is 1. The topological polar surface area (TPSA) is 57.7 Å². The minimum Gasteiger partial charge on any atom is -0.490 e. The lowest BCUT2D eigenvalue weighted by molar-refractivity contribution is -0.166. The highest BCUT2D eigenvalue weighted by atomic mass is 16.7. The fourth-order valence-electron chi connectivity index (χ4n) is 2.53. The molecule has 3 rings (SSSR count). The van der Waals surface area contributed by atoms with Crippen LogP contribution in [0.2, 0.25) is 0 Å². The van der Waals surface area contributed by atoms with E-state index in [9.17, 15) is 5.11 Å². The number of likely N-dealkylation sites (N-methyl/N-ethyl adjacent to an activating group) is 1. The van der Waals surface area contributed by atoms with Gasteiger partial charge in [0.15, 0.2) is 0 Å². The van der Waals surface area contributed by atoms with E-state index in [-0.39, 0.29) is 6.61 Å². The highest BCUT2D eigenvalue weighted by Crippen LogP contribution is 2.24. The Balaban J connectivity index is 1.45. The minimum atomic E-state index is -0.639. The standard InChI is InChI=1S/C19H22N2O3/c1-21(24-13-15-6-3-2-4-7-15)12-16(22)14-23-19-9-5-8-18-17(19)10-11-20-18/h2-11,16,20,22H,12-14H2,1H3. The number of aromatic nitrogens is 1. The van der Waals surface area contributed by atoms with Crippen molar-refractivity contribution in [2.75, 3.05) is 20.2 Å². The van der Waals surface area contributed by atoms with Crippen molar-refractivity contribution in [1.82, 2.24) is 10.0 Å². The molecule has 1 unspecified atom stereocenters. The molecule has 126 valence electrons. The van der Waals surface area contributed by atoms with E-state index in [1.807, 2.05) is 60.8 Å². The summed E-state index contributed by atoms with van der Waals surface area (Å²) < 4.78 is 5.75. The molecular formula is C19H22N2O3. The molecule has 5 heteroatoms. The monoisotopic (exact) mass is 326 g/mol. The Morgan fingerprint density at radius 2 is 1.92 bits per heavy atom. The number of benzene rings is 2. The van der Waals surface area contributed by atoms with Crippen LogP contribution in [0.3, 0.4) is 0 Å². The van der Waals surface area contributed by atoms with E-state index in [0.29, 0.717) is 13.2 Å². The van der Waals surface area contributed by atoms with Crippen molar-refractivity contribution in [2.45, 2.75) is 12.7 Å². The van der Waals surface area contributed by atoms with Crippen molar-refractivity contribution in [2.24, 2.45) is 0 Å². The van der Waals surface area contributed by atoms with Crippen LogP contribution >= 0.6 is 0 Å². The van der Waals surface area contributed by atoms with Crippen molar-refractivity contribution in [3.8, 4) is 5.75 Å². The second-order valence-corrected chi connectivity index (χ2v) is 5.73. The largest absolute Gasteiger partial charge is 0.490 e. The molecule has 0 saturated heterocycles. The molecule has 0 fully saturated rings. The average molecular weight is 326 g/mol. The molecule has 2 aromatic carbocycles. The zero-order valence-electron chi connectivity index (χ0n) is 13.7. The highest BCUT2D eigenvalue weighted by molar-refractivity contribution is 5.85. The van der Waals surface area contributed by atoms with E-state index in [1.54, 1.807) is 12.1 Å². The molecule has 3 aromatic rings. The SMILES string of the molecule is CN(CC(O)COc1cccc2[nH]ccc12)OCc1ccccc1. The summed E-state index contributed by atoms with van der Waals surface area (Å²) in [5.74, 6) is 0.764. The van der Waals surface area contributed by atoms with Gasteiger partial charge >= 0.3 is 0 Å². The first kappa shape index (κ1) is 16.5. The number of hydroxylamine groups is 2. The number of hydrogen-bond donors (Lipinski definition) is 2. The third kappa shape index (κ3) is 4.35. The number of aliphatic hydroxyl groups is 1. The predicted molar refractivity (Wildman–Crippen MR) is 93.7 cm³/mol. The third-order valence-corrected chi connectivity index (χ3v) is 3.75. The molecule has 0 aliphatic rings. The van der Waals surface area contributed by atoms with Gasteiger partial charge in [-0.05, 0) is 23.8 Å². The van der Waals surface area contributed by atoms with Gasteiger partial charge < -0.3 is 14.8 Å². The molecule has 24 heavy (non-hydrogen) atoms. The third-order valence-electron chi connectivity index (χ3n) is 3.75. The van der Waals surface area contributed by atoms with E-state index in [4.69, 9.17) is 9.57 Å².